The van der Waals surface area contributed by atoms with Crippen LogP contribution in [0.25, 0.3) is 11.2 Å². The van der Waals surface area contributed by atoms with E-state index < -0.39 is 25.4 Å². The smallest absolute Gasteiger partial charge is 0.356 e. The Kier molecular flexibility index (Phi) is 8.83. The Morgan fingerprint density at radius 1 is 1.16 bits per heavy atom. The van der Waals surface area contributed by atoms with Crippen molar-refractivity contribution in [2.45, 2.75) is 45.9 Å². The van der Waals surface area contributed by atoms with Crippen LogP contribution in [0.15, 0.2) is 36.9 Å². The molecular weight excluding hydrogens is 520 g/mol. The Hall–Kier alpha value is -3.25. The van der Waals surface area contributed by atoms with Crippen LogP contribution >= 0.6 is 7.60 Å². The molecule has 2 aromatic heterocycles. The van der Waals surface area contributed by atoms with E-state index in [0.717, 1.165) is 0 Å². The number of hydrogen-bond acceptors (Lipinski definition) is 10. The molecule has 1 aliphatic rings. The van der Waals surface area contributed by atoms with Gasteiger partial charge in [0, 0.05) is 11.5 Å². The van der Waals surface area contributed by atoms with E-state index in [1.165, 1.54) is 36.9 Å². The van der Waals surface area contributed by atoms with Crippen LogP contribution in [0.5, 0.6) is 0 Å². The fraction of sp³-hybridized carbons (Fsp3) is 0.458. The average Bonchev–Trinajstić information content (AvgIpc) is 3.28. The summed E-state index contributed by atoms with van der Waals surface area (Å²) in [6.07, 6.45) is 2.07. The molecule has 204 valence electrons. The zero-order valence-electron chi connectivity index (χ0n) is 21.2. The lowest BCUT2D eigenvalue weighted by Crippen LogP contribution is -2.27. The first-order valence-corrected chi connectivity index (χ1v) is 13.8. The van der Waals surface area contributed by atoms with Crippen molar-refractivity contribution in [1.82, 2.24) is 19.5 Å². The minimum absolute atomic E-state index is 0.109. The van der Waals surface area contributed by atoms with Crippen molar-refractivity contribution in [3.63, 3.8) is 0 Å². The standard InChI is InChI=1S/C24H29FN5O7P/c1-15(2)37-20(31)8-17-10-35-38(33,36-11-17)14-34-16(3)9-30-13-28-21-22(26-12-27-23(21)30)29-24(32)18-4-6-19(25)7-5-18/h4-7,12-13,15-17H,8-11,14H2,1-3H3,(H,26,27,29,32)/t16-,17?,38?/m1/s1. The van der Waals surface area contributed by atoms with Crippen molar-refractivity contribution in [3.05, 3.63) is 48.3 Å². The zero-order chi connectivity index (χ0) is 27.3. The van der Waals surface area contributed by atoms with Gasteiger partial charge >= 0.3 is 13.6 Å². The summed E-state index contributed by atoms with van der Waals surface area (Å²) in [6.45, 7) is 5.85. The van der Waals surface area contributed by atoms with E-state index in [-0.39, 0.29) is 55.4 Å². The number of nitrogens with zero attached hydrogens (tertiary/aromatic N) is 4. The number of ether oxygens (including phenoxy) is 2. The van der Waals surface area contributed by atoms with Crippen LogP contribution in [0.1, 0.15) is 37.6 Å². The van der Waals surface area contributed by atoms with E-state index in [1.54, 1.807) is 25.3 Å². The average molecular weight is 549 g/mol. The van der Waals surface area contributed by atoms with Gasteiger partial charge in [0.2, 0.25) is 0 Å². The minimum Gasteiger partial charge on any atom is -0.463 e. The Balaban J connectivity index is 1.30. The first-order valence-electron chi connectivity index (χ1n) is 12.0. The molecule has 3 heterocycles. The number of fused-ring (bicyclic) bond motifs is 1. The maximum atomic E-state index is 13.1. The molecule has 14 heteroatoms. The summed E-state index contributed by atoms with van der Waals surface area (Å²) in [5, 5.41) is 2.67. The molecule has 0 spiro atoms. The molecular formula is C24H29FN5O7P. The number of nitrogens with one attached hydrogen (secondary N) is 1. The van der Waals surface area contributed by atoms with Crippen molar-refractivity contribution >= 4 is 36.5 Å². The highest BCUT2D eigenvalue weighted by molar-refractivity contribution is 7.53. The van der Waals surface area contributed by atoms with Crippen molar-refractivity contribution in [2.75, 3.05) is 24.9 Å². The molecule has 4 rings (SSSR count). The fourth-order valence-electron chi connectivity index (χ4n) is 3.70. The highest BCUT2D eigenvalue weighted by Gasteiger charge is 2.34. The van der Waals surface area contributed by atoms with E-state index in [4.69, 9.17) is 18.5 Å². The number of benzene rings is 1. The monoisotopic (exact) mass is 549 g/mol. The summed E-state index contributed by atoms with van der Waals surface area (Å²) in [5.41, 5.74) is 1.09. The summed E-state index contributed by atoms with van der Waals surface area (Å²) >= 11 is 0. The van der Waals surface area contributed by atoms with Crippen LogP contribution in [0.4, 0.5) is 10.2 Å². The fourth-order valence-corrected chi connectivity index (χ4v) is 5.23. The Morgan fingerprint density at radius 3 is 2.55 bits per heavy atom. The first-order chi connectivity index (χ1) is 18.1. The van der Waals surface area contributed by atoms with Gasteiger partial charge in [-0.25, -0.2) is 19.3 Å². The molecule has 1 atom stereocenters. The van der Waals surface area contributed by atoms with Crippen LogP contribution in [0.2, 0.25) is 0 Å². The molecule has 0 radical (unpaired) electrons. The molecule has 1 saturated heterocycles. The van der Waals surface area contributed by atoms with Gasteiger partial charge in [0.25, 0.3) is 5.91 Å². The molecule has 1 fully saturated rings. The molecule has 1 N–H and O–H groups in total. The number of imidazole rings is 1. The van der Waals surface area contributed by atoms with Crippen LogP contribution in [-0.4, -0.2) is 63.2 Å². The van der Waals surface area contributed by atoms with E-state index in [0.29, 0.717) is 17.7 Å². The molecule has 38 heavy (non-hydrogen) atoms. The Labute approximate surface area is 218 Å². The van der Waals surface area contributed by atoms with Gasteiger partial charge in [-0.15, -0.1) is 0 Å². The maximum absolute atomic E-state index is 13.1. The lowest BCUT2D eigenvalue weighted by Gasteiger charge is -2.29. The third-order valence-electron chi connectivity index (χ3n) is 5.55. The molecule has 3 aromatic rings. The summed E-state index contributed by atoms with van der Waals surface area (Å²) in [6, 6.07) is 5.13. The van der Waals surface area contributed by atoms with Gasteiger partial charge < -0.3 is 28.4 Å². The van der Waals surface area contributed by atoms with Crippen LogP contribution < -0.4 is 5.32 Å². The van der Waals surface area contributed by atoms with Crippen LogP contribution in [-0.2, 0) is 34.4 Å². The summed E-state index contributed by atoms with van der Waals surface area (Å²) < 4.78 is 49.4. The van der Waals surface area contributed by atoms with Crippen molar-refractivity contribution in [3.8, 4) is 0 Å². The molecule has 1 amide bonds. The van der Waals surface area contributed by atoms with Gasteiger partial charge in [-0.1, -0.05) is 0 Å². The summed E-state index contributed by atoms with van der Waals surface area (Å²) in [7, 11) is -3.47. The quantitative estimate of drug-likeness (QED) is 0.293. The number of hydrogen-bond donors (Lipinski definition) is 1. The minimum atomic E-state index is -3.47. The van der Waals surface area contributed by atoms with Crippen LogP contribution in [0, 0.1) is 11.7 Å². The first kappa shape index (κ1) is 27.8. The normalized spacial score (nSPS) is 20.4. The Morgan fingerprint density at radius 2 is 1.87 bits per heavy atom. The van der Waals surface area contributed by atoms with Gasteiger partial charge in [-0.2, -0.15) is 0 Å². The zero-order valence-corrected chi connectivity index (χ0v) is 22.1. The number of halogens is 1. The van der Waals surface area contributed by atoms with Gasteiger partial charge in [-0.05, 0) is 45.0 Å². The van der Waals surface area contributed by atoms with E-state index in [9.17, 15) is 18.5 Å². The van der Waals surface area contributed by atoms with Gasteiger partial charge in [0.15, 0.2) is 17.0 Å². The molecule has 0 bridgehead atoms. The van der Waals surface area contributed by atoms with Crippen LogP contribution in [0.3, 0.4) is 0 Å². The number of carbonyl (C=O) groups excluding carboxylic acids is 2. The molecule has 1 aromatic carbocycles. The van der Waals surface area contributed by atoms with Crippen molar-refractivity contribution < 1.29 is 37.1 Å². The number of anilines is 1. The molecule has 0 saturated carbocycles. The van der Waals surface area contributed by atoms with E-state index in [2.05, 4.69) is 20.3 Å². The lowest BCUT2D eigenvalue weighted by molar-refractivity contribution is -0.149. The topological polar surface area (TPSA) is 144 Å². The number of amides is 1. The number of aromatic nitrogens is 4. The summed E-state index contributed by atoms with van der Waals surface area (Å²) in [5.74, 6) is -1.30. The second-order valence-electron chi connectivity index (χ2n) is 9.17. The molecule has 0 aliphatic carbocycles. The predicted molar refractivity (Wildman–Crippen MR) is 134 cm³/mol. The SMILES string of the molecule is CC(C)OC(=O)CC1COP(=O)(CO[C@H](C)Cn2cnc3c(NC(=O)c4ccc(F)cc4)ncnc32)OC1. The largest absolute Gasteiger partial charge is 0.463 e. The number of carbonyl (C=O) groups is 2. The number of esters is 1. The second kappa shape index (κ2) is 12.1. The third-order valence-corrected chi connectivity index (χ3v) is 7.10. The highest BCUT2D eigenvalue weighted by atomic mass is 31.2. The van der Waals surface area contributed by atoms with E-state index >= 15 is 0 Å². The van der Waals surface area contributed by atoms with Gasteiger partial charge in [0.1, 0.15) is 18.5 Å². The lowest BCUT2D eigenvalue weighted by atomic mass is 10.1. The molecule has 0 unspecified atom stereocenters. The number of rotatable bonds is 10. The van der Waals surface area contributed by atoms with Gasteiger partial charge in [0.05, 0.1) is 44.7 Å². The van der Waals surface area contributed by atoms with E-state index in [1.807, 2.05) is 0 Å². The molecule has 1 aliphatic heterocycles. The Bertz CT molecular complexity index is 1320. The predicted octanol–water partition coefficient (Wildman–Crippen LogP) is 3.78. The summed E-state index contributed by atoms with van der Waals surface area (Å²) in [4.78, 5) is 37.0. The highest BCUT2D eigenvalue weighted by Crippen LogP contribution is 2.51. The maximum Gasteiger partial charge on any atom is 0.356 e. The third kappa shape index (κ3) is 7.19. The van der Waals surface area contributed by atoms with Crippen molar-refractivity contribution in [2.24, 2.45) is 5.92 Å². The molecule has 12 nitrogen and oxygen atoms in total. The second-order valence-corrected chi connectivity index (χ2v) is 11.2. The van der Waals surface area contributed by atoms with Crippen molar-refractivity contribution in [1.29, 1.82) is 0 Å². The van der Waals surface area contributed by atoms with Gasteiger partial charge in [-0.3, -0.25) is 14.2 Å².